The van der Waals surface area contributed by atoms with E-state index in [0.717, 1.165) is 11.0 Å². The van der Waals surface area contributed by atoms with Gasteiger partial charge in [-0.25, -0.2) is 4.39 Å². The van der Waals surface area contributed by atoms with E-state index in [-0.39, 0.29) is 5.69 Å². The van der Waals surface area contributed by atoms with Crippen LogP contribution in [0.2, 0.25) is 0 Å². The first-order valence-corrected chi connectivity index (χ1v) is 5.69. The van der Waals surface area contributed by atoms with Crippen molar-refractivity contribution in [3.05, 3.63) is 29.6 Å². The van der Waals surface area contributed by atoms with Crippen LogP contribution >= 0.6 is 0 Å². The van der Waals surface area contributed by atoms with Crippen LogP contribution < -0.4 is 10.0 Å². The first-order valence-electron chi connectivity index (χ1n) is 5.69. The molecule has 9 heteroatoms. The summed E-state index contributed by atoms with van der Waals surface area (Å²) in [5, 5.41) is 10.4. The summed E-state index contributed by atoms with van der Waals surface area (Å²) in [6.07, 6.45) is -6.94. The maximum Gasteiger partial charge on any atom is 0.419 e. The number of benzene rings is 1. The highest BCUT2D eigenvalue weighted by molar-refractivity contribution is 5.99. The number of carbonyl (C=O) groups excluding carboxylic acids is 2. The second-order valence-electron chi connectivity index (χ2n) is 4.29. The van der Waals surface area contributed by atoms with Crippen LogP contribution in [0.1, 0.15) is 12.0 Å². The number of amides is 1. The Morgan fingerprint density at radius 3 is 2.67 bits per heavy atom. The number of aliphatic carboxylic acids is 1. The molecule has 0 radical (unpaired) electrons. The predicted molar refractivity (Wildman–Crippen MR) is 58.3 cm³/mol. The lowest BCUT2D eigenvalue weighted by molar-refractivity contribution is -0.307. The van der Waals surface area contributed by atoms with E-state index in [9.17, 15) is 32.3 Å². The Morgan fingerprint density at radius 2 is 2.10 bits per heavy atom. The number of ether oxygens (including phenoxy) is 1. The van der Waals surface area contributed by atoms with Gasteiger partial charge in [0.25, 0.3) is 5.91 Å². The average Bonchev–Trinajstić information content (AvgIpc) is 2.70. The maximum absolute atomic E-state index is 13.2. The van der Waals surface area contributed by atoms with Crippen LogP contribution in [0.5, 0.6) is 0 Å². The fourth-order valence-corrected chi connectivity index (χ4v) is 1.87. The van der Waals surface area contributed by atoms with Crippen molar-refractivity contribution in [1.29, 1.82) is 0 Å². The molecule has 114 valence electrons. The minimum Gasteiger partial charge on any atom is -0.550 e. The normalized spacial score (nSPS) is 19.1. The Labute approximate surface area is 115 Å². The molecule has 1 unspecified atom stereocenters. The molecule has 1 aromatic carbocycles. The molecule has 0 saturated carbocycles. The number of hydrogen-bond acceptors (Lipinski definition) is 4. The molecule has 0 bridgehead atoms. The van der Waals surface area contributed by atoms with Gasteiger partial charge in [0, 0.05) is 18.1 Å². The first kappa shape index (κ1) is 15.2. The fourth-order valence-electron chi connectivity index (χ4n) is 1.87. The van der Waals surface area contributed by atoms with E-state index in [1.807, 2.05) is 0 Å². The summed E-state index contributed by atoms with van der Waals surface area (Å²) in [4.78, 5) is 23.0. The van der Waals surface area contributed by atoms with E-state index < -0.39 is 48.7 Å². The average molecular weight is 306 g/mol. The van der Waals surface area contributed by atoms with Gasteiger partial charge in [-0.3, -0.25) is 9.69 Å². The van der Waals surface area contributed by atoms with E-state index in [2.05, 4.69) is 0 Å². The van der Waals surface area contributed by atoms with Crippen LogP contribution in [-0.2, 0) is 20.5 Å². The summed E-state index contributed by atoms with van der Waals surface area (Å²) in [5.41, 5.74) is -1.74. The van der Waals surface area contributed by atoms with Gasteiger partial charge in [0.05, 0.1) is 5.56 Å². The molecule has 1 heterocycles. The largest absolute Gasteiger partial charge is 0.550 e. The molecular formula is C12H8F4NO4-. The van der Waals surface area contributed by atoms with Crippen molar-refractivity contribution in [2.45, 2.75) is 18.7 Å². The summed E-state index contributed by atoms with van der Waals surface area (Å²) < 4.78 is 55.8. The zero-order valence-corrected chi connectivity index (χ0v) is 10.3. The van der Waals surface area contributed by atoms with E-state index in [4.69, 9.17) is 4.74 Å². The molecular weight excluding hydrogens is 298 g/mol. The lowest BCUT2D eigenvalue weighted by atomic mass is 10.1. The van der Waals surface area contributed by atoms with Crippen LogP contribution in [0.4, 0.5) is 23.2 Å². The molecule has 1 aliphatic heterocycles. The van der Waals surface area contributed by atoms with E-state index in [1.165, 1.54) is 0 Å². The molecule has 0 aliphatic carbocycles. The van der Waals surface area contributed by atoms with Crippen LogP contribution in [0.15, 0.2) is 18.2 Å². The molecule has 0 spiro atoms. The number of halogens is 4. The van der Waals surface area contributed by atoms with Gasteiger partial charge >= 0.3 is 6.18 Å². The highest BCUT2D eigenvalue weighted by Gasteiger charge is 2.37. The number of anilines is 1. The highest BCUT2D eigenvalue weighted by Crippen LogP contribution is 2.34. The molecule has 5 nitrogen and oxygen atoms in total. The monoisotopic (exact) mass is 306 g/mol. The summed E-state index contributed by atoms with van der Waals surface area (Å²) in [7, 11) is 0. The lowest BCUT2D eigenvalue weighted by Gasteiger charge is -2.17. The van der Waals surface area contributed by atoms with E-state index in [0.29, 0.717) is 12.1 Å². The third-order valence-corrected chi connectivity index (χ3v) is 2.87. The maximum atomic E-state index is 13.2. The van der Waals surface area contributed by atoms with Crippen molar-refractivity contribution in [2.24, 2.45) is 0 Å². The molecule has 1 aliphatic rings. The van der Waals surface area contributed by atoms with Gasteiger partial charge in [0.1, 0.15) is 18.7 Å². The second-order valence-corrected chi connectivity index (χ2v) is 4.29. The zero-order chi connectivity index (χ0) is 15.8. The molecule has 2 rings (SSSR count). The SMILES string of the molecule is O=C([O-])CC1OCN(c2ccc(F)c(C(F)(F)F)c2)C1=O. The van der Waals surface area contributed by atoms with Crippen molar-refractivity contribution in [1.82, 2.24) is 0 Å². The van der Waals surface area contributed by atoms with Crippen molar-refractivity contribution >= 4 is 17.6 Å². The molecule has 1 fully saturated rings. The predicted octanol–water partition coefficient (Wildman–Crippen LogP) is 0.674. The number of carbonyl (C=O) groups is 2. The number of nitrogens with zero attached hydrogens (tertiary/aromatic N) is 1. The van der Waals surface area contributed by atoms with Gasteiger partial charge in [-0.05, 0) is 18.2 Å². The number of alkyl halides is 3. The van der Waals surface area contributed by atoms with Crippen molar-refractivity contribution < 1.29 is 37.0 Å². The van der Waals surface area contributed by atoms with Gasteiger partial charge in [0.15, 0.2) is 0 Å². The first-order chi connectivity index (χ1) is 9.70. The molecule has 21 heavy (non-hydrogen) atoms. The summed E-state index contributed by atoms with van der Waals surface area (Å²) in [6, 6.07) is 2.03. The third kappa shape index (κ3) is 3.13. The lowest BCUT2D eigenvalue weighted by Crippen LogP contribution is -2.34. The summed E-state index contributed by atoms with van der Waals surface area (Å²) >= 11 is 0. The Bertz CT molecular complexity index is 587. The second kappa shape index (κ2) is 5.32. The van der Waals surface area contributed by atoms with Crippen LogP contribution in [0, 0.1) is 5.82 Å². The quantitative estimate of drug-likeness (QED) is 0.770. The van der Waals surface area contributed by atoms with Crippen molar-refractivity contribution in [2.75, 3.05) is 11.6 Å². The van der Waals surface area contributed by atoms with Gasteiger partial charge in [-0.1, -0.05) is 0 Å². The van der Waals surface area contributed by atoms with Crippen molar-refractivity contribution in [3.63, 3.8) is 0 Å². The van der Waals surface area contributed by atoms with Crippen LogP contribution in [0.25, 0.3) is 0 Å². The molecule has 0 aromatic heterocycles. The van der Waals surface area contributed by atoms with Gasteiger partial charge in [0.2, 0.25) is 0 Å². The van der Waals surface area contributed by atoms with Crippen molar-refractivity contribution in [3.8, 4) is 0 Å². The minimum atomic E-state index is -4.91. The van der Waals surface area contributed by atoms with Crippen LogP contribution in [-0.4, -0.2) is 24.7 Å². The van der Waals surface area contributed by atoms with Gasteiger partial charge < -0.3 is 14.6 Å². The Kier molecular flexibility index (Phi) is 3.86. The summed E-state index contributed by atoms with van der Waals surface area (Å²) in [5.74, 6) is -3.81. The Morgan fingerprint density at radius 1 is 1.43 bits per heavy atom. The number of rotatable bonds is 3. The number of carboxylic acid groups (broad SMARTS) is 1. The third-order valence-electron chi connectivity index (χ3n) is 2.87. The Hall–Kier alpha value is -2.16. The van der Waals surface area contributed by atoms with E-state index in [1.54, 1.807) is 0 Å². The molecule has 0 N–H and O–H groups in total. The number of carboxylic acids is 1. The highest BCUT2D eigenvalue weighted by atomic mass is 19.4. The molecule has 1 amide bonds. The molecule has 1 atom stereocenters. The summed E-state index contributed by atoms with van der Waals surface area (Å²) in [6.45, 7) is -0.417. The number of hydrogen-bond donors (Lipinski definition) is 0. The molecule has 1 aromatic rings. The van der Waals surface area contributed by atoms with Crippen LogP contribution in [0.3, 0.4) is 0 Å². The van der Waals surface area contributed by atoms with E-state index >= 15 is 0 Å². The smallest absolute Gasteiger partial charge is 0.419 e. The molecule has 1 saturated heterocycles. The Balaban J connectivity index is 2.28. The fraction of sp³-hybridized carbons (Fsp3) is 0.333. The minimum absolute atomic E-state index is 0.227. The standard InChI is InChI=1S/C12H9F4NO4/c13-8-2-1-6(3-7(8)12(14,15)16)17-5-21-9(11(17)20)4-10(18)19/h1-3,9H,4-5H2,(H,18,19)/p-1. The topological polar surface area (TPSA) is 69.7 Å². The van der Waals surface area contributed by atoms with Gasteiger partial charge in [-0.15, -0.1) is 0 Å². The zero-order valence-electron chi connectivity index (χ0n) is 10.3. The van der Waals surface area contributed by atoms with Gasteiger partial charge in [-0.2, -0.15) is 13.2 Å².